The summed E-state index contributed by atoms with van der Waals surface area (Å²) in [6.07, 6.45) is 3.36. The van der Waals surface area contributed by atoms with Crippen LogP contribution >= 0.6 is 12.4 Å². The van der Waals surface area contributed by atoms with E-state index < -0.39 is 0 Å². The van der Waals surface area contributed by atoms with Crippen LogP contribution < -0.4 is 14.8 Å². The topological polar surface area (TPSA) is 50.8 Å². The van der Waals surface area contributed by atoms with E-state index in [1.807, 2.05) is 30.1 Å². The molecule has 0 atom stereocenters. The molecule has 0 radical (unpaired) electrons. The molecule has 0 spiro atoms. The lowest BCUT2D eigenvalue weighted by molar-refractivity contribution is 0.0677. The molecule has 1 saturated heterocycles. The quantitative estimate of drug-likeness (QED) is 0.914. The van der Waals surface area contributed by atoms with Gasteiger partial charge in [-0.3, -0.25) is 4.79 Å². The van der Waals surface area contributed by atoms with Crippen molar-refractivity contribution < 1.29 is 14.3 Å². The zero-order valence-corrected chi connectivity index (χ0v) is 14.4. The van der Waals surface area contributed by atoms with Gasteiger partial charge in [-0.15, -0.1) is 12.4 Å². The van der Waals surface area contributed by atoms with Gasteiger partial charge in [0.1, 0.15) is 13.2 Å². The molecule has 0 aromatic heterocycles. The number of nitrogens with zero attached hydrogens (tertiary/aromatic N) is 1. The molecule has 128 valence electrons. The van der Waals surface area contributed by atoms with Crippen molar-refractivity contribution in [3.05, 3.63) is 23.8 Å². The molecular weight excluding hydrogens is 316 g/mol. The molecule has 2 aliphatic rings. The van der Waals surface area contributed by atoms with Gasteiger partial charge < -0.3 is 19.7 Å². The van der Waals surface area contributed by atoms with Gasteiger partial charge in [-0.05, 0) is 50.9 Å². The van der Waals surface area contributed by atoms with E-state index in [2.05, 4.69) is 5.32 Å². The lowest BCUT2D eigenvalue weighted by Gasteiger charge is -2.32. The van der Waals surface area contributed by atoms with Crippen molar-refractivity contribution in [2.24, 2.45) is 5.92 Å². The maximum atomic E-state index is 12.8. The minimum Gasteiger partial charge on any atom is -0.486 e. The molecular formula is C17H25ClN2O3. The number of piperidine rings is 1. The summed E-state index contributed by atoms with van der Waals surface area (Å²) >= 11 is 0. The molecule has 2 heterocycles. The first kappa shape index (κ1) is 17.9. The maximum absolute atomic E-state index is 12.8. The van der Waals surface area contributed by atoms with Crippen molar-refractivity contribution >= 4 is 18.3 Å². The van der Waals surface area contributed by atoms with Crippen LogP contribution in [0.2, 0.25) is 0 Å². The first-order valence-electron chi connectivity index (χ1n) is 8.12. The van der Waals surface area contributed by atoms with E-state index in [9.17, 15) is 4.79 Å². The fraction of sp³-hybridized carbons (Fsp3) is 0.588. The number of para-hydroxylation sites is 1. The summed E-state index contributed by atoms with van der Waals surface area (Å²) in [5.41, 5.74) is 0.630. The lowest BCUT2D eigenvalue weighted by atomic mass is 9.93. The summed E-state index contributed by atoms with van der Waals surface area (Å²) in [5.74, 6) is 2.08. The Morgan fingerprint density at radius 3 is 2.74 bits per heavy atom. The van der Waals surface area contributed by atoms with Gasteiger partial charge in [0.15, 0.2) is 11.5 Å². The predicted octanol–water partition coefficient (Wildman–Crippen LogP) is 2.34. The van der Waals surface area contributed by atoms with Crippen LogP contribution in [-0.4, -0.2) is 50.7 Å². The summed E-state index contributed by atoms with van der Waals surface area (Å²) < 4.78 is 11.2. The van der Waals surface area contributed by atoms with E-state index in [-0.39, 0.29) is 18.3 Å². The van der Waals surface area contributed by atoms with Gasteiger partial charge in [-0.1, -0.05) is 6.07 Å². The third-order valence-electron chi connectivity index (χ3n) is 4.50. The van der Waals surface area contributed by atoms with Crippen LogP contribution in [0.3, 0.4) is 0 Å². The lowest BCUT2D eigenvalue weighted by Crippen LogP contribution is -2.39. The van der Waals surface area contributed by atoms with E-state index in [1.165, 1.54) is 6.42 Å². The highest BCUT2D eigenvalue weighted by molar-refractivity contribution is 5.98. The third kappa shape index (κ3) is 4.09. The Morgan fingerprint density at radius 1 is 1.26 bits per heavy atom. The van der Waals surface area contributed by atoms with Gasteiger partial charge in [0, 0.05) is 13.1 Å². The summed E-state index contributed by atoms with van der Waals surface area (Å²) in [7, 11) is 1.99. The van der Waals surface area contributed by atoms with Gasteiger partial charge in [-0.2, -0.15) is 0 Å². The van der Waals surface area contributed by atoms with E-state index in [0.717, 1.165) is 38.4 Å². The van der Waals surface area contributed by atoms with Crippen LogP contribution in [0.1, 0.15) is 29.6 Å². The van der Waals surface area contributed by atoms with E-state index in [0.29, 0.717) is 30.3 Å². The number of halogens is 1. The third-order valence-corrected chi connectivity index (χ3v) is 4.50. The molecule has 6 heteroatoms. The molecule has 5 nitrogen and oxygen atoms in total. The Morgan fingerprint density at radius 2 is 2.00 bits per heavy atom. The molecule has 0 unspecified atom stereocenters. The molecule has 0 bridgehead atoms. The zero-order valence-electron chi connectivity index (χ0n) is 13.5. The Kier molecular flexibility index (Phi) is 6.54. The molecule has 1 N–H and O–H groups in total. The molecule has 3 rings (SSSR count). The van der Waals surface area contributed by atoms with Crippen LogP contribution in [0.15, 0.2) is 18.2 Å². The number of hydrogen-bond acceptors (Lipinski definition) is 4. The van der Waals surface area contributed by atoms with Crippen LogP contribution in [0.5, 0.6) is 11.5 Å². The smallest absolute Gasteiger partial charge is 0.257 e. The monoisotopic (exact) mass is 340 g/mol. The Labute approximate surface area is 143 Å². The minimum atomic E-state index is 0. The molecule has 1 amide bonds. The van der Waals surface area contributed by atoms with Crippen molar-refractivity contribution in [1.29, 1.82) is 0 Å². The number of nitrogens with one attached hydrogen (secondary N) is 1. The van der Waals surface area contributed by atoms with Crippen molar-refractivity contribution in [3.63, 3.8) is 0 Å². The van der Waals surface area contributed by atoms with Crippen LogP contribution in [0.25, 0.3) is 0 Å². The highest BCUT2D eigenvalue weighted by atomic mass is 35.5. The molecule has 0 saturated carbocycles. The molecule has 23 heavy (non-hydrogen) atoms. The van der Waals surface area contributed by atoms with Gasteiger partial charge in [0.2, 0.25) is 0 Å². The predicted molar refractivity (Wildman–Crippen MR) is 91.9 cm³/mol. The number of rotatable bonds is 4. The summed E-state index contributed by atoms with van der Waals surface area (Å²) in [6, 6.07) is 5.55. The Bertz CT molecular complexity index is 531. The number of amides is 1. The van der Waals surface area contributed by atoms with Gasteiger partial charge in [0.05, 0.1) is 5.56 Å². The highest BCUT2D eigenvalue weighted by Gasteiger charge is 2.27. The number of fused-ring (bicyclic) bond motifs is 1. The SMILES string of the molecule is CNCCC1CCN(C(=O)c2cccc3c2OCCO3)CC1.Cl. The fourth-order valence-electron chi connectivity index (χ4n) is 3.19. The average Bonchev–Trinajstić information content (AvgIpc) is 2.59. The largest absolute Gasteiger partial charge is 0.486 e. The first-order valence-corrected chi connectivity index (χ1v) is 8.12. The second-order valence-corrected chi connectivity index (χ2v) is 5.96. The molecule has 2 aliphatic heterocycles. The summed E-state index contributed by atoms with van der Waals surface area (Å²) in [5, 5.41) is 3.20. The number of benzene rings is 1. The van der Waals surface area contributed by atoms with Crippen molar-refractivity contribution in [3.8, 4) is 11.5 Å². The van der Waals surface area contributed by atoms with Crippen molar-refractivity contribution in [2.45, 2.75) is 19.3 Å². The summed E-state index contributed by atoms with van der Waals surface area (Å²) in [4.78, 5) is 14.7. The second-order valence-electron chi connectivity index (χ2n) is 5.96. The highest BCUT2D eigenvalue weighted by Crippen LogP contribution is 2.35. The summed E-state index contributed by atoms with van der Waals surface area (Å²) in [6.45, 7) is 3.76. The number of likely N-dealkylation sites (tertiary alicyclic amines) is 1. The van der Waals surface area contributed by atoms with Gasteiger partial charge >= 0.3 is 0 Å². The normalized spacial score (nSPS) is 17.5. The standard InChI is InChI=1S/C17H24N2O3.ClH/c1-18-8-5-13-6-9-19(10-7-13)17(20)14-3-2-4-15-16(14)22-12-11-21-15;/h2-4,13,18H,5-12H2,1H3;1H. The van der Waals surface area contributed by atoms with Crippen molar-refractivity contribution in [2.75, 3.05) is 39.9 Å². The molecule has 1 aromatic carbocycles. The van der Waals surface area contributed by atoms with Gasteiger partial charge in [0.25, 0.3) is 5.91 Å². The van der Waals surface area contributed by atoms with Crippen LogP contribution in [0, 0.1) is 5.92 Å². The molecule has 0 aliphatic carbocycles. The second kappa shape index (κ2) is 8.41. The van der Waals surface area contributed by atoms with E-state index in [4.69, 9.17) is 9.47 Å². The fourth-order valence-corrected chi connectivity index (χ4v) is 3.19. The Balaban J connectivity index is 0.00000192. The minimum absolute atomic E-state index is 0. The number of ether oxygens (including phenoxy) is 2. The molecule has 1 aromatic rings. The van der Waals surface area contributed by atoms with Gasteiger partial charge in [-0.25, -0.2) is 0 Å². The van der Waals surface area contributed by atoms with Crippen LogP contribution in [0.4, 0.5) is 0 Å². The molecule has 1 fully saturated rings. The van der Waals surface area contributed by atoms with Crippen LogP contribution in [-0.2, 0) is 0 Å². The average molecular weight is 341 g/mol. The number of carbonyl (C=O) groups is 1. The van der Waals surface area contributed by atoms with E-state index in [1.54, 1.807) is 0 Å². The Hall–Kier alpha value is -1.46. The van der Waals surface area contributed by atoms with E-state index >= 15 is 0 Å². The maximum Gasteiger partial charge on any atom is 0.257 e. The first-order chi connectivity index (χ1) is 10.8. The number of hydrogen-bond donors (Lipinski definition) is 1. The number of carbonyl (C=O) groups excluding carboxylic acids is 1. The zero-order chi connectivity index (χ0) is 15.4. The van der Waals surface area contributed by atoms with Crippen molar-refractivity contribution in [1.82, 2.24) is 10.2 Å².